The predicted molar refractivity (Wildman–Crippen MR) is 146 cm³/mol. The molecule has 38 heavy (non-hydrogen) atoms. The van der Waals surface area contributed by atoms with Crippen molar-refractivity contribution >= 4 is 12.1 Å². The number of carbonyl (C=O) groups is 2. The number of ether oxygens (including phenoxy) is 2. The van der Waals surface area contributed by atoms with Gasteiger partial charge >= 0.3 is 12.1 Å². The van der Waals surface area contributed by atoms with E-state index in [-0.39, 0.29) is 6.61 Å². The first-order chi connectivity index (χ1) is 18.4. The lowest BCUT2D eigenvalue weighted by Gasteiger charge is -2.56. The van der Waals surface area contributed by atoms with E-state index in [9.17, 15) is 9.59 Å². The predicted octanol–water partition coefficient (Wildman–Crippen LogP) is 6.30. The molecule has 1 unspecified atom stereocenters. The fraction of sp³-hybridized carbons (Fsp3) is 0.581. The minimum absolute atomic E-state index is 0.216. The highest BCUT2D eigenvalue weighted by atomic mass is 16.6. The molecule has 5 aliphatic carbocycles. The maximum atomic E-state index is 14.1. The Morgan fingerprint density at radius 1 is 1.18 bits per heavy atom. The summed E-state index contributed by atoms with van der Waals surface area (Å²) in [6.45, 7) is 8.78. The van der Waals surface area contributed by atoms with Gasteiger partial charge in [-0.2, -0.15) is 0 Å². The number of esters is 1. The summed E-state index contributed by atoms with van der Waals surface area (Å²) < 4.78 is 13.9. The van der Waals surface area contributed by atoms with Crippen LogP contribution in [-0.4, -0.2) is 45.3 Å². The van der Waals surface area contributed by atoms with Crippen molar-refractivity contribution in [3.8, 4) is 0 Å². The van der Waals surface area contributed by atoms with Crippen LogP contribution in [0, 0.1) is 17.8 Å². The van der Waals surface area contributed by atoms with E-state index < -0.39 is 23.7 Å². The minimum atomic E-state index is -1.00. The average Bonchev–Trinajstić information content (AvgIpc) is 3.12. The number of allylic oxidation sites excluding steroid dienone is 6. The van der Waals surface area contributed by atoms with Gasteiger partial charge in [0.2, 0.25) is 0 Å². The van der Waals surface area contributed by atoms with Crippen LogP contribution < -0.4 is 0 Å². The molecular weight excluding hydrogens is 478 g/mol. The van der Waals surface area contributed by atoms with E-state index in [1.807, 2.05) is 29.8 Å². The van der Waals surface area contributed by atoms with Gasteiger partial charge in [-0.3, -0.25) is 4.90 Å². The molecule has 0 saturated heterocycles. The van der Waals surface area contributed by atoms with Crippen LogP contribution in [-0.2, 0) is 20.8 Å². The molecule has 4 fully saturated rings. The number of hydrogen-bond donors (Lipinski definition) is 0. The number of imidazole rings is 1. The SMILES string of the molecule is C=C(C)Cn1ccnc1C(C(=O)OCC)N(CCC1=CCC=CC=C1)C(=O)OC12CC3CC(CC(C3)C1)C2. The van der Waals surface area contributed by atoms with Crippen molar-refractivity contribution in [3.05, 3.63) is 66.3 Å². The molecule has 1 aromatic heterocycles. The quantitative estimate of drug-likeness (QED) is 0.268. The molecule has 5 aliphatic rings. The highest BCUT2D eigenvalue weighted by Crippen LogP contribution is 2.57. The summed E-state index contributed by atoms with van der Waals surface area (Å²) >= 11 is 0. The van der Waals surface area contributed by atoms with E-state index in [4.69, 9.17) is 9.47 Å². The summed E-state index contributed by atoms with van der Waals surface area (Å²) in [5.74, 6) is 1.92. The second-order valence-corrected chi connectivity index (χ2v) is 11.7. The van der Waals surface area contributed by atoms with Gasteiger partial charge in [0.25, 0.3) is 0 Å². The molecule has 0 spiro atoms. The standard InChI is InChI=1S/C31H41N3O4/c1-4-37-29(35)27(28-32-12-14-33(28)21-22(2)3)34(13-11-23-9-7-5-6-8-10-23)30(36)38-31-18-24-15-25(19-31)17-26(16-24)20-31/h5-7,9-10,12,14,24-27H,2,4,8,11,13,15-21H2,1,3H3. The van der Waals surface area contributed by atoms with Crippen molar-refractivity contribution in [2.24, 2.45) is 17.8 Å². The molecule has 7 nitrogen and oxygen atoms in total. The van der Waals surface area contributed by atoms with Crippen molar-refractivity contribution in [1.29, 1.82) is 0 Å². The minimum Gasteiger partial charge on any atom is -0.464 e. The molecule has 204 valence electrons. The number of hydrogen-bond acceptors (Lipinski definition) is 5. The van der Waals surface area contributed by atoms with E-state index in [1.54, 1.807) is 18.0 Å². The van der Waals surface area contributed by atoms with Crippen LogP contribution in [0.5, 0.6) is 0 Å². The lowest BCUT2D eigenvalue weighted by atomic mass is 9.54. The summed E-state index contributed by atoms with van der Waals surface area (Å²) in [6.07, 6.45) is 21.4. The first-order valence-electron chi connectivity index (χ1n) is 14.2. The fourth-order valence-electron chi connectivity index (χ4n) is 7.37. The lowest BCUT2D eigenvalue weighted by molar-refractivity contribution is -0.154. The maximum absolute atomic E-state index is 14.1. The van der Waals surface area contributed by atoms with Crippen molar-refractivity contribution in [1.82, 2.24) is 14.5 Å². The maximum Gasteiger partial charge on any atom is 0.411 e. The topological polar surface area (TPSA) is 73.7 Å². The average molecular weight is 520 g/mol. The summed E-state index contributed by atoms with van der Waals surface area (Å²) in [7, 11) is 0. The van der Waals surface area contributed by atoms with Gasteiger partial charge in [0.15, 0.2) is 6.04 Å². The van der Waals surface area contributed by atoms with E-state index in [1.165, 1.54) is 19.3 Å². The van der Waals surface area contributed by atoms with E-state index in [0.29, 0.717) is 43.1 Å². The zero-order chi connectivity index (χ0) is 26.7. The van der Waals surface area contributed by atoms with Gasteiger partial charge in [-0.05, 0) is 88.5 Å². The van der Waals surface area contributed by atoms with Crippen LogP contribution in [0.3, 0.4) is 0 Å². The molecule has 0 N–H and O–H groups in total. The van der Waals surface area contributed by atoms with Gasteiger partial charge in [-0.15, -0.1) is 0 Å². The van der Waals surface area contributed by atoms with E-state index in [2.05, 4.69) is 29.8 Å². The largest absolute Gasteiger partial charge is 0.464 e. The summed E-state index contributed by atoms with van der Waals surface area (Å²) in [5.41, 5.74) is 1.63. The number of rotatable bonds is 10. The summed E-state index contributed by atoms with van der Waals surface area (Å²) in [4.78, 5) is 33.8. The second-order valence-electron chi connectivity index (χ2n) is 11.7. The number of carbonyl (C=O) groups excluding carboxylic acids is 2. The molecular formula is C31H41N3O4. The molecule has 1 atom stereocenters. The van der Waals surface area contributed by atoms with E-state index >= 15 is 0 Å². The van der Waals surface area contributed by atoms with Crippen molar-refractivity contribution in [2.75, 3.05) is 13.2 Å². The Morgan fingerprint density at radius 3 is 2.55 bits per heavy atom. The second kappa shape index (κ2) is 11.3. The summed E-state index contributed by atoms with van der Waals surface area (Å²) in [6, 6.07) is -1.00. The van der Waals surface area contributed by atoms with Gasteiger partial charge in [0, 0.05) is 25.5 Å². The van der Waals surface area contributed by atoms with Crippen molar-refractivity contribution in [2.45, 2.75) is 83.4 Å². The fourth-order valence-corrected chi connectivity index (χ4v) is 7.37. The number of amides is 1. The Kier molecular flexibility index (Phi) is 7.91. The zero-order valence-corrected chi connectivity index (χ0v) is 22.8. The molecule has 0 radical (unpaired) electrons. The third-order valence-corrected chi connectivity index (χ3v) is 8.49. The van der Waals surface area contributed by atoms with Crippen LogP contribution in [0.4, 0.5) is 4.79 Å². The highest BCUT2D eigenvalue weighted by molar-refractivity contribution is 5.82. The van der Waals surface area contributed by atoms with Crippen LogP contribution in [0.15, 0.2) is 60.5 Å². The molecule has 4 bridgehead atoms. The first kappa shape index (κ1) is 26.5. The molecule has 6 rings (SSSR count). The van der Waals surface area contributed by atoms with Crippen LogP contribution in [0.1, 0.15) is 77.1 Å². The first-order valence-corrected chi connectivity index (χ1v) is 14.2. The number of aromatic nitrogens is 2. The molecule has 4 saturated carbocycles. The van der Waals surface area contributed by atoms with Crippen LogP contribution >= 0.6 is 0 Å². The van der Waals surface area contributed by atoms with Crippen molar-refractivity contribution in [3.63, 3.8) is 0 Å². The van der Waals surface area contributed by atoms with Gasteiger partial charge in [0.05, 0.1) is 6.61 Å². The molecule has 1 heterocycles. The summed E-state index contributed by atoms with van der Waals surface area (Å²) in [5, 5.41) is 0. The molecule has 7 heteroatoms. The molecule has 0 aliphatic heterocycles. The van der Waals surface area contributed by atoms with Crippen LogP contribution in [0.2, 0.25) is 0 Å². The normalized spacial score (nSPS) is 27.9. The monoisotopic (exact) mass is 519 g/mol. The third-order valence-electron chi connectivity index (χ3n) is 8.49. The Balaban J connectivity index is 1.46. The Morgan fingerprint density at radius 2 is 1.89 bits per heavy atom. The van der Waals surface area contributed by atoms with E-state index in [0.717, 1.165) is 36.8 Å². The third kappa shape index (κ3) is 5.82. The molecule has 1 aromatic rings. The molecule has 1 amide bonds. The van der Waals surface area contributed by atoms with Crippen molar-refractivity contribution < 1.29 is 19.1 Å². The van der Waals surface area contributed by atoms with Crippen LogP contribution in [0.25, 0.3) is 0 Å². The van der Waals surface area contributed by atoms with Gasteiger partial charge in [-0.25, -0.2) is 14.6 Å². The highest BCUT2D eigenvalue weighted by Gasteiger charge is 2.54. The Labute approximate surface area is 226 Å². The smallest absolute Gasteiger partial charge is 0.411 e. The van der Waals surface area contributed by atoms with Gasteiger partial charge < -0.3 is 14.0 Å². The lowest BCUT2D eigenvalue weighted by Crippen LogP contribution is -2.55. The zero-order valence-electron chi connectivity index (χ0n) is 22.8. The van der Waals surface area contributed by atoms with Gasteiger partial charge in [0.1, 0.15) is 11.4 Å². The molecule has 0 aromatic carbocycles. The number of nitrogens with zero attached hydrogens (tertiary/aromatic N) is 3. The Bertz CT molecular complexity index is 1110. The van der Waals surface area contributed by atoms with Gasteiger partial charge in [-0.1, -0.05) is 42.5 Å². The Hall–Kier alpha value is -3.09.